The Morgan fingerprint density at radius 1 is 1.21 bits per heavy atom. The molecule has 1 aliphatic carbocycles. The lowest BCUT2D eigenvalue weighted by molar-refractivity contribution is -0.138. The second kappa shape index (κ2) is 8.22. The molecule has 0 aromatic heterocycles. The summed E-state index contributed by atoms with van der Waals surface area (Å²) in [6, 6.07) is 12.0. The van der Waals surface area contributed by atoms with Crippen molar-refractivity contribution < 1.29 is 19.5 Å². The van der Waals surface area contributed by atoms with Crippen LogP contribution in [0.15, 0.2) is 59.1 Å². The number of anilines is 1. The monoisotopic (exact) mass is 390 g/mol. The zero-order valence-electron chi connectivity index (χ0n) is 16.5. The highest BCUT2D eigenvalue weighted by Crippen LogP contribution is 2.29. The van der Waals surface area contributed by atoms with Gasteiger partial charge in [0.15, 0.2) is 12.1 Å². The molecule has 148 valence electrons. The van der Waals surface area contributed by atoms with Gasteiger partial charge < -0.3 is 10.0 Å². The Bertz CT molecular complexity index is 1050. The molecule has 0 spiro atoms. The van der Waals surface area contributed by atoms with Gasteiger partial charge in [0.05, 0.1) is 17.0 Å². The SMILES string of the molecule is CCN(c1ccc(N=C2C=C(C=O)C(=O)c3ccccc32)c(C)c1)C(C)C(=O)O. The van der Waals surface area contributed by atoms with Crippen molar-refractivity contribution in [2.75, 3.05) is 11.4 Å². The van der Waals surface area contributed by atoms with Crippen molar-refractivity contribution >= 4 is 35.1 Å². The molecule has 0 radical (unpaired) electrons. The summed E-state index contributed by atoms with van der Waals surface area (Å²) in [5, 5.41) is 9.32. The first kappa shape index (κ1) is 20.2. The molecule has 2 aromatic carbocycles. The molecule has 1 aliphatic rings. The number of ketones is 1. The molecular weight excluding hydrogens is 368 g/mol. The van der Waals surface area contributed by atoms with Gasteiger partial charge in [-0.05, 0) is 50.6 Å². The van der Waals surface area contributed by atoms with E-state index in [-0.39, 0.29) is 11.4 Å². The fourth-order valence-electron chi connectivity index (χ4n) is 3.42. The highest BCUT2D eigenvalue weighted by Gasteiger charge is 2.24. The quantitative estimate of drug-likeness (QED) is 0.600. The molecule has 0 saturated heterocycles. The van der Waals surface area contributed by atoms with Crippen molar-refractivity contribution in [3.05, 3.63) is 70.8 Å². The number of carboxylic acid groups (broad SMARTS) is 1. The third kappa shape index (κ3) is 3.87. The number of nitrogens with zero attached hydrogens (tertiary/aromatic N) is 2. The Labute approximate surface area is 169 Å². The molecular formula is C23H22N2O4. The fourth-order valence-corrected chi connectivity index (χ4v) is 3.42. The van der Waals surface area contributed by atoms with E-state index < -0.39 is 12.0 Å². The van der Waals surface area contributed by atoms with Gasteiger partial charge in [-0.15, -0.1) is 0 Å². The molecule has 6 heteroatoms. The summed E-state index contributed by atoms with van der Waals surface area (Å²) in [6.45, 7) is 6.01. The average molecular weight is 390 g/mol. The Morgan fingerprint density at radius 3 is 2.48 bits per heavy atom. The minimum Gasteiger partial charge on any atom is -0.480 e. The van der Waals surface area contributed by atoms with Crippen LogP contribution < -0.4 is 4.90 Å². The smallest absolute Gasteiger partial charge is 0.326 e. The predicted octanol–water partition coefficient (Wildman–Crippen LogP) is 3.74. The summed E-state index contributed by atoms with van der Waals surface area (Å²) in [4.78, 5) is 41.5. The third-order valence-corrected chi connectivity index (χ3v) is 5.05. The number of fused-ring (bicyclic) bond motifs is 1. The second-order valence-electron chi connectivity index (χ2n) is 6.86. The summed E-state index contributed by atoms with van der Waals surface area (Å²) in [5.41, 5.74) is 4.11. The second-order valence-corrected chi connectivity index (χ2v) is 6.86. The number of benzene rings is 2. The van der Waals surface area contributed by atoms with Crippen LogP contribution in [-0.4, -0.2) is 41.4 Å². The van der Waals surface area contributed by atoms with E-state index in [9.17, 15) is 19.5 Å². The first-order chi connectivity index (χ1) is 13.9. The molecule has 29 heavy (non-hydrogen) atoms. The maximum Gasteiger partial charge on any atom is 0.326 e. The highest BCUT2D eigenvalue weighted by molar-refractivity contribution is 6.32. The molecule has 1 atom stereocenters. The zero-order chi connectivity index (χ0) is 21.1. The largest absolute Gasteiger partial charge is 0.480 e. The summed E-state index contributed by atoms with van der Waals surface area (Å²) in [7, 11) is 0. The van der Waals surface area contributed by atoms with Gasteiger partial charge in [-0.25, -0.2) is 9.79 Å². The van der Waals surface area contributed by atoms with Crippen LogP contribution in [0.5, 0.6) is 0 Å². The number of Topliss-reactive ketones (excluding diaryl/α,β-unsaturated/α-hetero) is 1. The molecule has 1 unspecified atom stereocenters. The van der Waals surface area contributed by atoms with Crippen molar-refractivity contribution in [3.8, 4) is 0 Å². The lowest BCUT2D eigenvalue weighted by atomic mass is 9.89. The zero-order valence-corrected chi connectivity index (χ0v) is 16.5. The molecule has 0 amide bonds. The van der Waals surface area contributed by atoms with Crippen molar-refractivity contribution in [3.63, 3.8) is 0 Å². The van der Waals surface area contributed by atoms with Gasteiger partial charge in [0.25, 0.3) is 0 Å². The number of likely N-dealkylation sites (N-methyl/N-ethyl adjacent to an activating group) is 1. The van der Waals surface area contributed by atoms with Crippen LogP contribution in [0, 0.1) is 6.92 Å². The Balaban J connectivity index is 2.04. The first-order valence-corrected chi connectivity index (χ1v) is 9.37. The number of carbonyl (C=O) groups excluding carboxylic acids is 2. The molecule has 1 N–H and O–H groups in total. The van der Waals surface area contributed by atoms with Crippen LogP contribution >= 0.6 is 0 Å². The third-order valence-electron chi connectivity index (χ3n) is 5.05. The summed E-state index contributed by atoms with van der Waals surface area (Å²) in [6.07, 6.45) is 2.06. The summed E-state index contributed by atoms with van der Waals surface area (Å²) < 4.78 is 0. The van der Waals surface area contributed by atoms with Crippen molar-refractivity contribution in [2.45, 2.75) is 26.8 Å². The molecule has 0 heterocycles. The van der Waals surface area contributed by atoms with Crippen LogP contribution in [-0.2, 0) is 9.59 Å². The predicted molar refractivity (Wildman–Crippen MR) is 112 cm³/mol. The molecule has 0 aliphatic heterocycles. The Kier molecular flexibility index (Phi) is 5.73. The Morgan fingerprint density at radius 2 is 1.90 bits per heavy atom. The number of hydrogen-bond donors (Lipinski definition) is 1. The van der Waals surface area contributed by atoms with E-state index in [0.29, 0.717) is 35.4 Å². The van der Waals surface area contributed by atoms with E-state index in [1.165, 1.54) is 6.08 Å². The first-order valence-electron chi connectivity index (χ1n) is 9.37. The van der Waals surface area contributed by atoms with Crippen molar-refractivity contribution in [1.29, 1.82) is 0 Å². The number of hydrogen-bond acceptors (Lipinski definition) is 5. The maximum absolute atomic E-state index is 12.4. The van der Waals surface area contributed by atoms with E-state index in [2.05, 4.69) is 0 Å². The fraction of sp³-hybridized carbons (Fsp3) is 0.217. The summed E-state index contributed by atoms with van der Waals surface area (Å²) in [5.74, 6) is -1.19. The minimum atomic E-state index is -0.885. The van der Waals surface area contributed by atoms with E-state index in [4.69, 9.17) is 4.99 Å². The van der Waals surface area contributed by atoms with Gasteiger partial charge in [0.2, 0.25) is 0 Å². The van der Waals surface area contributed by atoms with Crippen LogP contribution in [0.2, 0.25) is 0 Å². The highest BCUT2D eigenvalue weighted by atomic mass is 16.4. The standard InChI is InChI=1S/C23H22N2O4/c1-4-25(15(3)23(28)29)17-9-10-20(14(2)11-17)24-21-12-16(13-26)22(27)19-8-6-5-7-18(19)21/h5-13,15H,4H2,1-3H3,(H,28,29). The lowest BCUT2D eigenvalue weighted by Crippen LogP contribution is -2.38. The molecule has 0 saturated carbocycles. The molecule has 2 aromatic rings. The van der Waals surface area contributed by atoms with E-state index in [0.717, 1.165) is 11.3 Å². The van der Waals surface area contributed by atoms with Crippen molar-refractivity contribution in [2.24, 2.45) is 4.99 Å². The van der Waals surface area contributed by atoms with Gasteiger partial charge >= 0.3 is 5.97 Å². The number of aldehydes is 1. The van der Waals surface area contributed by atoms with E-state index in [1.54, 1.807) is 30.0 Å². The average Bonchev–Trinajstić information content (AvgIpc) is 2.72. The number of carboxylic acids is 1. The van der Waals surface area contributed by atoms with Crippen molar-refractivity contribution in [1.82, 2.24) is 0 Å². The van der Waals surface area contributed by atoms with Crippen LogP contribution in [0.25, 0.3) is 0 Å². The normalized spacial score (nSPS) is 15.5. The maximum atomic E-state index is 12.4. The van der Waals surface area contributed by atoms with E-state index >= 15 is 0 Å². The minimum absolute atomic E-state index is 0.0733. The van der Waals surface area contributed by atoms with Gasteiger partial charge in [-0.1, -0.05) is 24.3 Å². The van der Waals surface area contributed by atoms with Gasteiger partial charge in [-0.3, -0.25) is 9.59 Å². The molecule has 0 fully saturated rings. The van der Waals surface area contributed by atoms with Crippen LogP contribution in [0.4, 0.5) is 11.4 Å². The van der Waals surface area contributed by atoms with E-state index in [1.807, 2.05) is 38.1 Å². The number of aliphatic carboxylic acids is 1. The van der Waals surface area contributed by atoms with Gasteiger partial charge in [0.1, 0.15) is 6.04 Å². The van der Waals surface area contributed by atoms with Gasteiger partial charge in [0, 0.05) is 23.4 Å². The Hall–Kier alpha value is -3.54. The number of allylic oxidation sites excluding steroid dienone is 2. The van der Waals surface area contributed by atoms with Gasteiger partial charge in [-0.2, -0.15) is 0 Å². The number of aliphatic imine (C=N–C) groups is 1. The molecule has 6 nitrogen and oxygen atoms in total. The summed E-state index contributed by atoms with van der Waals surface area (Å²) >= 11 is 0. The number of rotatable bonds is 6. The molecule has 3 rings (SSSR count). The van der Waals surface area contributed by atoms with Crippen LogP contribution in [0.1, 0.15) is 35.3 Å². The lowest BCUT2D eigenvalue weighted by Gasteiger charge is -2.27. The number of aryl methyl sites for hydroxylation is 1. The molecule has 0 bridgehead atoms. The topological polar surface area (TPSA) is 87.0 Å². The number of carbonyl (C=O) groups is 3. The van der Waals surface area contributed by atoms with Crippen LogP contribution in [0.3, 0.4) is 0 Å².